The van der Waals surface area contributed by atoms with Crippen LogP contribution in [0.4, 0.5) is 4.79 Å². The highest BCUT2D eigenvalue weighted by Gasteiger charge is 2.25. The van der Waals surface area contributed by atoms with Crippen molar-refractivity contribution in [3.63, 3.8) is 0 Å². The summed E-state index contributed by atoms with van der Waals surface area (Å²) in [6, 6.07) is 0.200. The summed E-state index contributed by atoms with van der Waals surface area (Å²) >= 11 is 0. The van der Waals surface area contributed by atoms with E-state index in [-0.39, 0.29) is 24.8 Å². The number of carbonyl (C=O) groups is 1. The van der Waals surface area contributed by atoms with Gasteiger partial charge in [-0.2, -0.15) is 0 Å². The predicted molar refractivity (Wildman–Crippen MR) is 57.6 cm³/mol. The van der Waals surface area contributed by atoms with Crippen LogP contribution in [0.2, 0.25) is 0 Å². The van der Waals surface area contributed by atoms with Gasteiger partial charge < -0.3 is 14.7 Å². The molecule has 0 aliphatic heterocycles. The van der Waals surface area contributed by atoms with Crippen LogP contribution in [0.5, 0.6) is 0 Å². The Morgan fingerprint density at radius 2 is 2.13 bits per heavy atom. The highest BCUT2D eigenvalue weighted by Crippen LogP contribution is 2.22. The molecular weight excluding hydrogens is 194 g/mol. The first-order chi connectivity index (χ1) is 7.15. The van der Waals surface area contributed by atoms with Gasteiger partial charge in [0.25, 0.3) is 0 Å². The van der Waals surface area contributed by atoms with Crippen LogP contribution in [0.25, 0.3) is 0 Å². The van der Waals surface area contributed by atoms with Gasteiger partial charge in [0.05, 0.1) is 6.10 Å². The lowest BCUT2D eigenvalue weighted by Gasteiger charge is -2.32. The van der Waals surface area contributed by atoms with E-state index in [4.69, 9.17) is 4.74 Å². The Labute approximate surface area is 90.5 Å². The zero-order chi connectivity index (χ0) is 11.3. The summed E-state index contributed by atoms with van der Waals surface area (Å²) in [7, 11) is 1.74. The molecule has 0 aromatic carbocycles. The first-order valence-corrected chi connectivity index (χ1v) is 5.33. The molecule has 1 aliphatic carbocycles. The topological polar surface area (TPSA) is 49.8 Å². The first kappa shape index (κ1) is 12.0. The molecule has 0 spiro atoms. The zero-order valence-electron chi connectivity index (χ0n) is 9.19. The molecule has 0 bridgehead atoms. The fourth-order valence-corrected chi connectivity index (χ4v) is 1.83. The zero-order valence-corrected chi connectivity index (χ0v) is 9.19. The number of nitrogens with zero attached hydrogens (tertiary/aromatic N) is 1. The van der Waals surface area contributed by atoms with Crippen LogP contribution in [-0.4, -0.2) is 41.9 Å². The van der Waals surface area contributed by atoms with Crippen LogP contribution in [0.3, 0.4) is 0 Å². The second-order valence-corrected chi connectivity index (χ2v) is 3.94. The van der Waals surface area contributed by atoms with Gasteiger partial charge in [-0.15, -0.1) is 0 Å². The van der Waals surface area contributed by atoms with Crippen molar-refractivity contribution in [3.05, 3.63) is 12.7 Å². The summed E-state index contributed by atoms with van der Waals surface area (Å²) in [5.74, 6) is 0. The lowest BCUT2D eigenvalue weighted by molar-refractivity contribution is 0.0670. The third-order valence-corrected chi connectivity index (χ3v) is 2.83. The Balaban J connectivity index is 2.35. The Kier molecular flexibility index (Phi) is 4.62. The molecule has 1 amide bonds. The van der Waals surface area contributed by atoms with Crippen molar-refractivity contribution in [2.45, 2.75) is 37.8 Å². The molecule has 1 N–H and O–H groups in total. The molecule has 0 unspecified atom stereocenters. The highest BCUT2D eigenvalue weighted by molar-refractivity contribution is 5.67. The Morgan fingerprint density at radius 1 is 1.53 bits per heavy atom. The lowest BCUT2D eigenvalue weighted by atomic mass is 9.92. The van der Waals surface area contributed by atoms with Crippen LogP contribution in [0, 0.1) is 0 Å². The molecule has 0 saturated heterocycles. The summed E-state index contributed by atoms with van der Waals surface area (Å²) in [4.78, 5) is 13.1. The molecule has 1 saturated carbocycles. The summed E-state index contributed by atoms with van der Waals surface area (Å²) in [6.45, 7) is 3.73. The van der Waals surface area contributed by atoms with Crippen molar-refractivity contribution in [3.8, 4) is 0 Å². The van der Waals surface area contributed by atoms with Crippen molar-refractivity contribution in [2.75, 3.05) is 13.7 Å². The number of carbonyl (C=O) groups excluding carboxylic acids is 1. The SMILES string of the molecule is C=CCOC(=O)N(C)C1CCC(O)CC1. The summed E-state index contributed by atoms with van der Waals surface area (Å²) in [5, 5.41) is 9.34. The fourth-order valence-electron chi connectivity index (χ4n) is 1.83. The molecule has 0 aromatic heterocycles. The van der Waals surface area contributed by atoms with Crippen molar-refractivity contribution < 1.29 is 14.6 Å². The van der Waals surface area contributed by atoms with E-state index in [2.05, 4.69) is 6.58 Å². The molecule has 1 rings (SSSR count). The summed E-state index contributed by atoms with van der Waals surface area (Å²) < 4.78 is 4.94. The molecule has 1 fully saturated rings. The van der Waals surface area contributed by atoms with Gasteiger partial charge in [0.15, 0.2) is 0 Å². The predicted octanol–water partition coefficient (Wildman–Crippen LogP) is 1.54. The Hall–Kier alpha value is -1.03. The third-order valence-electron chi connectivity index (χ3n) is 2.83. The number of hydrogen-bond donors (Lipinski definition) is 1. The van der Waals surface area contributed by atoms with Crippen LogP contribution in [-0.2, 0) is 4.74 Å². The van der Waals surface area contributed by atoms with Crippen molar-refractivity contribution in [2.24, 2.45) is 0 Å². The van der Waals surface area contributed by atoms with Crippen molar-refractivity contribution in [1.29, 1.82) is 0 Å². The maximum Gasteiger partial charge on any atom is 0.410 e. The molecule has 0 radical (unpaired) electrons. The fraction of sp³-hybridized carbons (Fsp3) is 0.727. The molecule has 15 heavy (non-hydrogen) atoms. The summed E-state index contributed by atoms with van der Waals surface area (Å²) in [6.07, 6.45) is 4.28. The number of aliphatic hydroxyl groups is 1. The Bertz CT molecular complexity index is 222. The van der Waals surface area contributed by atoms with Crippen molar-refractivity contribution in [1.82, 2.24) is 4.90 Å². The van der Waals surface area contributed by atoms with Gasteiger partial charge in [0.1, 0.15) is 6.61 Å². The number of ether oxygens (including phenoxy) is 1. The van der Waals surface area contributed by atoms with E-state index < -0.39 is 0 Å². The Morgan fingerprint density at radius 3 is 2.67 bits per heavy atom. The number of amides is 1. The summed E-state index contributed by atoms with van der Waals surface area (Å²) in [5.41, 5.74) is 0. The molecule has 86 valence electrons. The molecule has 0 heterocycles. The number of rotatable bonds is 3. The van der Waals surface area contributed by atoms with E-state index in [9.17, 15) is 9.90 Å². The van der Waals surface area contributed by atoms with Crippen LogP contribution >= 0.6 is 0 Å². The molecule has 0 atom stereocenters. The highest BCUT2D eigenvalue weighted by atomic mass is 16.6. The van der Waals surface area contributed by atoms with E-state index in [1.807, 2.05) is 0 Å². The molecular formula is C11H19NO3. The van der Waals surface area contributed by atoms with Gasteiger partial charge in [-0.25, -0.2) is 4.79 Å². The number of aliphatic hydroxyl groups excluding tert-OH is 1. The van der Waals surface area contributed by atoms with E-state index in [0.29, 0.717) is 0 Å². The van der Waals surface area contributed by atoms with Gasteiger partial charge in [0.2, 0.25) is 0 Å². The van der Waals surface area contributed by atoms with Gasteiger partial charge in [-0.1, -0.05) is 12.7 Å². The maximum absolute atomic E-state index is 11.5. The van der Waals surface area contributed by atoms with E-state index in [1.165, 1.54) is 0 Å². The first-order valence-electron chi connectivity index (χ1n) is 5.33. The van der Waals surface area contributed by atoms with E-state index in [0.717, 1.165) is 25.7 Å². The van der Waals surface area contributed by atoms with Crippen LogP contribution in [0.15, 0.2) is 12.7 Å². The quantitative estimate of drug-likeness (QED) is 0.723. The van der Waals surface area contributed by atoms with E-state index in [1.54, 1.807) is 18.0 Å². The van der Waals surface area contributed by atoms with Gasteiger partial charge in [-0.05, 0) is 25.7 Å². The average molecular weight is 213 g/mol. The minimum absolute atomic E-state index is 0.196. The monoisotopic (exact) mass is 213 g/mol. The van der Waals surface area contributed by atoms with Crippen LogP contribution in [0.1, 0.15) is 25.7 Å². The van der Waals surface area contributed by atoms with Gasteiger partial charge >= 0.3 is 6.09 Å². The molecule has 4 heteroatoms. The second-order valence-electron chi connectivity index (χ2n) is 3.94. The number of hydrogen-bond acceptors (Lipinski definition) is 3. The minimum atomic E-state index is -0.309. The molecule has 4 nitrogen and oxygen atoms in total. The molecule has 1 aliphatic rings. The van der Waals surface area contributed by atoms with Gasteiger partial charge in [-0.3, -0.25) is 0 Å². The smallest absolute Gasteiger partial charge is 0.410 e. The standard InChI is InChI=1S/C11H19NO3/c1-3-8-15-11(14)12(2)9-4-6-10(13)7-5-9/h3,9-10,13H,1,4-8H2,2H3. The molecule has 0 aromatic rings. The van der Waals surface area contributed by atoms with Crippen LogP contribution < -0.4 is 0 Å². The third kappa shape index (κ3) is 3.55. The van der Waals surface area contributed by atoms with Gasteiger partial charge in [0, 0.05) is 13.1 Å². The largest absolute Gasteiger partial charge is 0.445 e. The minimum Gasteiger partial charge on any atom is -0.445 e. The normalized spacial score (nSPS) is 25.7. The van der Waals surface area contributed by atoms with E-state index >= 15 is 0 Å². The second kappa shape index (κ2) is 5.75. The average Bonchev–Trinajstić information content (AvgIpc) is 2.26. The van der Waals surface area contributed by atoms with Crippen molar-refractivity contribution >= 4 is 6.09 Å². The maximum atomic E-state index is 11.5. The lowest BCUT2D eigenvalue weighted by Crippen LogP contribution is -2.40.